The lowest BCUT2D eigenvalue weighted by Crippen LogP contribution is -2.23. The van der Waals surface area contributed by atoms with Gasteiger partial charge in [-0.05, 0) is 37.0 Å². The van der Waals surface area contributed by atoms with Crippen molar-refractivity contribution in [3.05, 3.63) is 34.7 Å². The van der Waals surface area contributed by atoms with Crippen molar-refractivity contribution in [3.63, 3.8) is 0 Å². The van der Waals surface area contributed by atoms with Crippen molar-refractivity contribution in [1.29, 1.82) is 0 Å². The van der Waals surface area contributed by atoms with Crippen LogP contribution in [0.4, 0.5) is 0 Å². The van der Waals surface area contributed by atoms with Crippen LogP contribution in [-0.4, -0.2) is 38.8 Å². The van der Waals surface area contributed by atoms with E-state index >= 15 is 0 Å². The first-order valence-corrected chi connectivity index (χ1v) is 8.45. The van der Waals surface area contributed by atoms with E-state index in [0.29, 0.717) is 0 Å². The van der Waals surface area contributed by atoms with Gasteiger partial charge in [-0.15, -0.1) is 11.3 Å². The molecular weight excluding hydrogens is 280 g/mol. The fraction of sp³-hybridized carbons (Fsp3) is 0.529. The molecule has 3 nitrogen and oxygen atoms in total. The van der Waals surface area contributed by atoms with Crippen LogP contribution in [0, 0.1) is 0 Å². The molecule has 0 saturated carbocycles. The third kappa shape index (κ3) is 4.51. The van der Waals surface area contributed by atoms with Crippen LogP contribution < -0.4 is 5.32 Å². The number of thiophene rings is 1. The van der Waals surface area contributed by atoms with Crippen LogP contribution in [0.2, 0.25) is 0 Å². The van der Waals surface area contributed by atoms with Crippen LogP contribution in [0.25, 0.3) is 10.1 Å². The molecule has 0 aliphatic rings. The summed E-state index contributed by atoms with van der Waals surface area (Å²) in [6.45, 7) is 6.98. The minimum atomic E-state index is 0.780. The van der Waals surface area contributed by atoms with Gasteiger partial charge in [-0.1, -0.05) is 25.1 Å². The lowest BCUT2D eigenvalue weighted by Gasteiger charge is -2.17. The zero-order valence-electron chi connectivity index (χ0n) is 13.3. The summed E-state index contributed by atoms with van der Waals surface area (Å²) in [5, 5.41) is 4.94. The van der Waals surface area contributed by atoms with E-state index < -0.39 is 0 Å². The van der Waals surface area contributed by atoms with E-state index in [1.807, 2.05) is 11.3 Å². The Labute approximate surface area is 131 Å². The van der Waals surface area contributed by atoms with Gasteiger partial charge in [-0.25, -0.2) is 0 Å². The number of benzene rings is 1. The monoisotopic (exact) mass is 306 g/mol. The normalized spacial score (nSPS) is 11.6. The number of hydrogen-bond donors (Lipinski definition) is 1. The van der Waals surface area contributed by atoms with Crippen molar-refractivity contribution in [2.75, 3.05) is 33.9 Å². The van der Waals surface area contributed by atoms with E-state index in [9.17, 15) is 0 Å². The Balaban J connectivity index is 2.18. The lowest BCUT2D eigenvalue weighted by atomic mass is 10.1. The van der Waals surface area contributed by atoms with Gasteiger partial charge in [0.2, 0.25) is 0 Å². The number of nitrogens with one attached hydrogen (secondary N) is 1. The largest absolute Gasteiger partial charge is 0.383 e. The molecule has 0 bridgehead atoms. The fourth-order valence-electron chi connectivity index (χ4n) is 2.44. The van der Waals surface area contributed by atoms with Crippen LogP contribution in [0.15, 0.2) is 24.3 Å². The van der Waals surface area contributed by atoms with Gasteiger partial charge < -0.3 is 10.1 Å². The number of ether oxygens (including phenoxy) is 1. The van der Waals surface area contributed by atoms with Gasteiger partial charge in [-0.2, -0.15) is 0 Å². The number of hydrogen-bond acceptors (Lipinski definition) is 4. The van der Waals surface area contributed by atoms with Gasteiger partial charge in [0.15, 0.2) is 0 Å². The molecule has 0 radical (unpaired) electrons. The van der Waals surface area contributed by atoms with Crippen molar-refractivity contribution in [2.45, 2.75) is 26.4 Å². The second kappa shape index (κ2) is 8.49. The molecule has 0 aliphatic carbocycles. The Bertz CT molecular complexity index is 553. The highest BCUT2D eigenvalue weighted by molar-refractivity contribution is 7.19. The summed E-state index contributed by atoms with van der Waals surface area (Å²) < 4.78 is 6.57. The highest BCUT2D eigenvalue weighted by Crippen LogP contribution is 2.32. The number of rotatable bonds is 9. The summed E-state index contributed by atoms with van der Waals surface area (Å²) >= 11 is 1.92. The van der Waals surface area contributed by atoms with Crippen molar-refractivity contribution in [2.24, 2.45) is 0 Å². The highest BCUT2D eigenvalue weighted by atomic mass is 32.1. The number of fused-ring (bicyclic) bond motifs is 1. The Morgan fingerprint density at radius 3 is 2.86 bits per heavy atom. The molecule has 1 aromatic carbocycles. The topological polar surface area (TPSA) is 24.5 Å². The van der Waals surface area contributed by atoms with Gasteiger partial charge in [0.25, 0.3) is 0 Å². The average molecular weight is 306 g/mol. The van der Waals surface area contributed by atoms with Crippen LogP contribution in [-0.2, 0) is 17.8 Å². The van der Waals surface area contributed by atoms with E-state index in [-0.39, 0.29) is 0 Å². The fourth-order valence-corrected chi connectivity index (χ4v) is 3.63. The average Bonchev–Trinajstić information content (AvgIpc) is 2.83. The predicted molar refractivity (Wildman–Crippen MR) is 92.0 cm³/mol. The number of likely N-dealkylation sites (N-methyl/N-ethyl adjacent to an activating group) is 1. The molecule has 0 aliphatic heterocycles. The van der Waals surface area contributed by atoms with Crippen LogP contribution in [0.3, 0.4) is 0 Å². The maximum atomic E-state index is 5.18. The smallest absolute Gasteiger partial charge is 0.0589 e. The third-order valence-electron chi connectivity index (χ3n) is 3.60. The summed E-state index contributed by atoms with van der Waals surface area (Å²) in [6, 6.07) is 8.73. The molecule has 1 heterocycles. The molecule has 0 saturated heterocycles. The van der Waals surface area contributed by atoms with Crippen molar-refractivity contribution in [3.8, 4) is 0 Å². The van der Waals surface area contributed by atoms with E-state index in [4.69, 9.17) is 4.74 Å². The molecule has 2 rings (SSSR count). The van der Waals surface area contributed by atoms with Crippen LogP contribution in [0.5, 0.6) is 0 Å². The van der Waals surface area contributed by atoms with E-state index in [1.165, 1.54) is 26.9 Å². The van der Waals surface area contributed by atoms with Crippen molar-refractivity contribution in [1.82, 2.24) is 10.2 Å². The third-order valence-corrected chi connectivity index (χ3v) is 4.81. The van der Waals surface area contributed by atoms with Gasteiger partial charge in [-0.3, -0.25) is 4.90 Å². The molecule has 0 atom stereocenters. The van der Waals surface area contributed by atoms with Crippen LogP contribution >= 0.6 is 11.3 Å². The molecular formula is C17H26N2OS. The molecule has 0 fully saturated rings. The van der Waals surface area contributed by atoms with Gasteiger partial charge in [0, 0.05) is 36.3 Å². The predicted octanol–water partition coefficient (Wildman–Crippen LogP) is 3.48. The molecule has 0 amide bonds. The molecule has 1 aromatic heterocycles. The summed E-state index contributed by atoms with van der Waals surface area (Å²) in [6.07, 6.45) is 1.17. The summed E-state index contributed by atoms with van der Waals surface area (Å²) in [5.74, 6) is 0. The van der Waals surface area contributed by atoms with E-state index in [1.54, 1.807) is 7.11 Å². The van der Waals surface area contributed by atoms with E-state index in [2.05, 4.69) is 48.5 Å². The first kappa shape index (κ1) is 16.4. The number of methoxy groups -OCH3 is 1. The summed E-state index contributed by atoms with van der Waals surface area (Å²) in [4.78, 5) is 3.80. The Kier molecular flexibility index (Phi) is 6.64. The Hall–Kier alpha value is -0.940. The minimum absolute atomic E-state index is 0.780. The van der Waals surface area contributed by atoms with E-state index in [0.717, 1.165) is 32.8 Å². The quantitative estimate of drug-likeness (QED) is 0.718. The highest BCUT2D eigenvalue weighted by Gasteiger charge is 2.13. The second-order valence-corrected chi connectivity index (χ2v) is 6.54. The zero-order chi connectivity index (χ0) is 15.1. The van der Waals surface area contributed by atoms with Crippen LogP contribution in [0.1, 0.15) is 23.8 Å². The molecule has 21 heavy (non-hydrogen) atoms. The Morgan fingerprint density at radius 2 is 2.10 bits per heavy atom. The molecule has 2 aromatic rings. The second-order valence-electron chi connectivity index (χ2n) is 5.41. The summed E-state index contributed by atoms with van der Waals surface area (Å²) in [7, 11) is 3.92. The first-order valence-electron chi connectivity index (χ1n) is 7.63. The molecule has 1 N–H and O–H groups in total. The lowest BCUT2D eigenvalue weighted by molar-refractivity contribution is 0.159. The SMILES string of the molecule is CCCNCc1sc2ccccc2c1CN(C)CCOC. The van der Waals surface area contributed by atoms with Crippen molar-refractivity contribution < 1.29 is 4.74 Å². The molecule has 4 heteroatoms. The maximum Gasteiger partial charge on any atom is 0.0589 e. The van der Waals surface area contributed by atoms with Crippen molar-refractivity contribution >= 4 is 21.4 Å². The molecule has 0 unspecified atom stereocenters. The van der Waals surface area contributed by atoms with Gasteiger partial charge in [0.1, 0.15) is 0 Å². The zero-order valence-corrected chi connectivity index (χ0v) is 14.1. The number of nitrogens with zero attached hydrogens (tertiary/aromatic N) is 1. The van der Waals surface area contributed by atoms with Gasteiger partial charge >= 0.3 is 0 Å². The Morgan fingerprint density at radius 1 is 1.29 bits per heavy atom. The first-order chi connectivity index (χ1) is 10.3. The maximum absolute atomic E-state index is 5.18. The molecule has 116 valence electrons. The standard InChI is InChI=1S/C17H26N2OS/c1-4-9-18-12-17-15(13-19(2)10-11-20-3)14-7-5-6-8-16(14)21-17/h5-8,18H,4,9-13H2,1-3H3. The molecule has 0 spiro atoms. The minimum Gasteiger partial charge on any atom is -0.383 e. The van der Waals surface area contributed by atoms with Gasteiger partial charge in [0.05, 0.1) is 6.61 Å². The summed E-state index contributed by atoms with van der Waals surface area (Å²) in [5.41, 5.74) is 1.47.